The Morgan fingerprint density at radius 2 is 1.66 bits per heavy atom. The monoisotopic (exact) mass is 476 g/mol. The molecule has 5 nitrogen and oxygen atoms in total. The second kappa shape index (κ2) is 8.68. The quantitative estimate of drug-likeness (QED) is 0.240. The van der Waals surface area contributed by atoms with Crippen LogP contribution in [0.25, 0.3) is 28.0 Å². The lowest BCUT2D eigenvalue weighted by atomic mass is 10.1. The second-order valence-electron chi connectivity index (χ2n) is 7.67. The van der Waals surface area contributed by atoms with Gasteiger partial charge in [0.05, 0.1) is 28.4 Å². The van der Waals surface area contributed by atoms with Crippen LogP contribution in [0.4, 0.5) is 17.6 Å². The molecule has 2 heterocycles. The van der Waals surface area contributed by atoms with Crippen LogP contribution in [0.15, 0.2) is 101 Å². The molecule has 0 fully saturated rings. The maximum Gasteiger partial charge on any atom is 0.416 e. The summed E-state index contributed by atoms with van der Waals surface area (Å²) < 4.78 is 56.1. The molecular weight excluding hydrogens is 460 g/mol. The predicted octanol–water partition coefficient (Wildman–Crippen LogP) is 5.89. The number of nitrogens with zero attached hydrogens (tertiary/aromatic N) is 4. The minimum Gasteiger partial charge on any atom is -0.316 e. The van der Waals surface area contributed by atoms with E-state index in [1.165, 1.54) is 30.5 Å². The molecule has 0 saturated heterocycles. The zero-order valence-electron chi connectivity index (χ0n) is 17.9. The summed E-state index contributed by atoms with van der Waals surface area (Å²) in [6.45, 7) is 0. The highest BCUT2D eigenvalue weighted by atomic mass is 19.4. The molecule has 0 saturated carbocycles. The third kappa shape index (κ3) is 4.35. The normalized spacial score (nSPS) is 12.0. The minimum absolute atomic E-state index is 0.0315. The van der Waals surface area contributed by atoms with E-state index in [2.05, 4.69) is 10.1 Å². The summed E-state index contributed by atoms with van der Waals surface area (Å²) in [6, 6.07) is 20.4. The van der Waals surface area contributed by atoms with Crippen molar-refractivity contribution in [1.82, 2.24) is 14.2 Å². The summed E-state index contributed by atoms with van der Waals surface area (Å²) in [5.41, 5.74) is 0.267. The van der Waals surface area contributed by atoms with Crippen LogP contribution >= 0.6 is 0 Å². The Labute approximate surface area is 196 Å². The number of alkyl halides is 3. The van der Waals surface area contributed by atoms with Gasteiger partial charge in [-0.05, 0) is 60.7 Å². The lowest BCUT2D eigenvalue weighted by Crippen LogP contribution is -2.20. The Hall–Kier alpha value is -4.53. The summed E-state index contributed by atoms with van der Waals surface area (Å²) in [4.78, 5) is 17.7. The van der Waals surface area contributed by atoms with Gasteiger partial charge in [-0.2, -0.15) is 22.9 Å². The number of halogens is 4. The van der Waals surface area contributed by atoms with Gasteiger partial charge in [0, 0.05) is 17.4 Å². The van der Waals surface area contributed by atoms with Gasteiger partial charge in [0.15, 0.2) is 5.82 Å². The molecule has 0 amide bonds. The average molecular weight is 476 g/mol. The van der Waals surface area contributed by atoms with E-state index < -0.39 is 17.3 Å². The summed E-state index contributed by atoms with van der Waals surface area (Å²) in [6.07, 6.45) is -1.42. The van der Waals surface area contributed by atoms with Crippen LogP contribution in [0, 0.1) is 5.82 Å². The van der Waals surface area contributed by atoms with Crippen molar-refractivity contribution >= 4 is 17.1 Å². The lowest BCUT2D eigenvalue weighted by Gasteiger charge is -2.12. The van der Waals surface area contributed by atoms with Crippen molar-refractivity contribution < 1.29 is 17.6 Å². The summed E-state index contributed by atoms with van der Waals surface area (Å²) in [5, 5.41) is 4.58. The zero-order valence-corrected chi connectivity index (χ0v) is 17.9. The van der Waals surface area contributed by atoms with Gasteiger partial charge in [0.2, 0.25) is 0 Å². The summed E-state index contributed by atoms with van der Waals surface area (Å²) in [5.74, 6) is -0.411. The van der Waals surface area contributed by atoms with Crippen LogP contribution in [-0.4, -0.2) is 20.4 Å². The fourth-order valence-electron chi connectivity index (χ4n) is 3.71. The first-order chi connectivity index (χ1) is 16.8. The van der Waals surface area contributed by atoms with Gasteiger partial charge in [-0.1, -0.05) is 24.3 Å². The first-order valence-electron chi connectivity index (χ1n) is 10.5. The molecule has 5 aromatic rings. The van der Waals surface area contributed by atoms with Crippen LogP contribution in [0.1, 0.15) is 11.3 Å². The van der Waals surface area contributed by atoms with E-state index in [0.717, 1.165) is 16.8 Å². The fraction of sp³-hybridized carbons (Fsp3) is 0.0385. The Morgan fingerprint density at radius 1 is 0.886 bits per heavy atom. The van der Waals surface area contributed by atoms with E-state index in [1.807, 2.05) is 0 Å². The zero-order chi connectivity index (χ0) is 24.6. The van der Waals surface area contributed by atoms with Crippen molar-refractivity contribution in [2.24, 2.45) is 5.10 Å². The maximum absolute atomic E-state index is 13.3. The van der Waals surface area contributed by atoms with Crippen LogP contribution in [0.3, 0.4) is 0 Å². The molecule has 0 atom stereocenters. The Morgan fingerprint density at radius 3 is 2.43 bits per heavy atom. The fourth-order valence-corrected chi connectivity index (χ4v) is 3.71. The first-order valence-corrected chi connectivity index (χ1v) is 10.5. The minimum atomic E-state index is -4.56. The van der Waals surface area contributed by atoms with Gasteiger partial charge in [-0.15, -0.1) is 0 Å². The third-order valence-electron chi connectivity index (χ3n) is 5.39. The van der Waals surface area contributed by atoms with E-state index in [0.29, 0.717) is 16.9 Å². The summed E-state index contributed by atoms with van der Waals surface area (Å²) in [7, 11) is 0. The van der Waals surface area contributed by atoms with Crippen molar-refractivity contribution in [1.29, 1.82) is 0 Å². The maximum atomic E-state index is 13.3. The molecule has 9 heteroatoms. The Bertz CT molecular complexity index is 1620. The number of rotatable bonds is 4. The van der Waals surface area contributed by atoms with Gasteiger partial charge in [0.1, 0.15) is 5.82 Å². The molecule has 0 radical (unpaired) electrons. The lowest BCUT2D eigenvalue weighted by molar-refractivity contribution is -0.137. The molecule has 0 unspecified atom stereocenters. The standard InChI is InChI=1S/C26H16F4N4O/c27-19-10-12-20(13-11-19)33-14-4-7-21(33)16-31-34-24(17-5-3-6-18(15-17)26(28,29)30)32-23-9-2-1-8-22(23)25(34)35/h1-16H. The molecule has 0 spiro atoms. The predicted molar refractivity (Wildman–Crippen MR) is 125 cm³/mol. The molecule has 0 bridgehead atoms. The van der Waals surface area contributed by atoms with Gasteiger partial charge in [-0.3, -0.25) is 4.79 Å². The van der Waals surface area contributed by atoms with E-state index in [-0.39, 0.29) is 22.6 Å². The molecule has 3 aromatic carbocycles. The van der Waals surface area contributed by atoms with Crippen LogP contribution in [0.2, 0.25) is 0 Å². The van der Waals surface area contributed by atoms with Crippen molar-refractivity contribution in [2.45, 2.75) is 6.18 Å². The third-order valence-corrected chi connectivity index (χ3v) is 5.39. The second-order valence-corrected chi connectivity index (χ2v) is 7.67. The first kappa shape index (κ1) is 22.3. The molecular formula is C26H16F4N4O. The number of benzene rings is 3. The van der Waals surface area contributed by atoms with Crippen LogP contribution in [-0.2, 0) is 6.18 Å². The van der Waals surface area contributed by atoms with Gasteiger partial charge in [0.25, 0.3) is 5.56 Å². The molecule has 0 aliphatic rings. The number of hydrogen-bond donors (Lipinski definition) is 0. The largest absolute Gasteiger partial charge is 0.416 e. The Balaban J connectivity index is 1.67. The Kier molecular flexibility index (Phi) is 5.52. The molecule has 174 valence electrons. The number of hydrogen-bond acceptors (Lipinski definition) is 3. The van der Waals surface area contributed by atoms with Gasteiger partial charge < -0.3 is 4.57 Å². The molecule has 2 aromatic heterocycles. The molecule has 0 aliphatic carbocycles. The summed E-state index contributed by atoms with van der Waals surface area (Å²) >= 11 is 0. The van der Waals surface area contributed by atoms with Gasteiger partial charge in [-0.25, -0.2) is 9.37 Å². The van der Waals surface area contributed by atoms with E-state index in [9.17, 15) is 22.4 Å². The molecule has 5 rings (SSSR count). The van der Waals surface area contributed by atoms with E-state index in [1.54, 1.807) is 59.3 Å². The number of fused-ring (bicyclic) bond motifs is 1. The highest BCUT2D eigenvalue weighted by Gasteiger charge is 2.31. The molecule has 0 N–H and O–H groups in total. The topological polar surface area (TPSA) is 52.2 Å². The van der Waals surface area contributed by atoms with E-state index >= 15 is 0 Å². The SMILES string of the molecule is O=c1c2ccccc2nc(-c2cccc(C(F)(F)F)c2)n1N=Cc1cccn1-c1ccc(F)cc1. The highest BCUT2D eigenvalue weighted by molar-refractivity contribution is 5.81. The van der Waals surface area contributed by atoms with Gasteiger partial charge >= 0.3 is 6.18 Å². The van der Waals surface area contributed by atoms with Crippen LogP contribution in [0.5, 0.6) is 0 Å². The molecule has 0 aliphatic heterocycles. The number of para-hydroxylation sites is 1. The van der Waals surface area contributed by atoms with Crippen molar-refractivity contribution in [3.05, 3.63) is 119 Å². The average Bonchev–Trinajstić information content (AvgIpc) is 3.32. The van der Waals surface area contributed by atoms with Crippen molar-refractivity contribution in [3.63, 3.8) is 0 Å². The van der Waals surface area contributed by atoms with Crippen LogP contribution < -0.4 is 5.56 Å². The molecule has 35 heavy (non-hydrogen) atoms. The number of aromatic nitrogens is 3. The van der Waals surface area contributed by atoms with Crippen molar-refractivity contribution in [3.8, 4) is 17.1 Å². The van der Waals surface area contributed by atoms with E-state index in [4.69, 9.17) is 0 Å². The van der Waals surface area contributed by atoms with Crippen molar-refractivity contribution in [2.75, 3.05) is 0 Å². The smallest absolute Gasteiger partial charge is 0.316 e. The highest BCUT2D eigenvalue weighted by Crippen LogP contribution is 2.32.